The van der Waals surface area contributed by atoms with Crippen LogP contribution in [0.15, 0.2) is 24.3 Å². The zero-order valence-corrected chi connectivity index (χ0v) is 41.1. The van der Waals surface area contributed by atoms with E-state index in [9.17, 15) is 19.8 Å². The summed E-state index contributed by atoms with van der Waals surface area (Å²) in [6, 6.07) is -0.699. The van der Waals surface area contributed by atoms with Gasteiger partial charge in [-0.15, -0.1) is 0 Å². The Bertz CT molecular complexity index is 966. The molecule has 0 aromatic carbocycles. The van der Waals surface area contributed by atoms with Crippen molar-refractivity contribution in [1.29, 1.82) is 0 Å². The Kier molecular flexibility index (Phi) is 48.0. The molecule has 0 aliphatic carbocycles. The Labute approximate surface area is 380 Å². The topological polar surface area (TPSA) is 95.9 Å². The lowest BCUT2D eigenvalue weighted by Crippen LogP contribution is -2.46. The fourth-order valence-corrected chi connectivity index (χ4v) is 8.42. The van der Waals surface area contributed by atoms with Crippen LogP contribution in [0.3, 0.4) is 0 Å². The molecule has 6 nitrogen and oxygen atoms in total. The molecule has 0 bridgehead atoms. The first-order valence-corrected chi connectivity index (χ1v) is 27.1. The SMILES string of the molecule is CCCCCCCCC/C=C/C=C/CCCCCCCC(=O)OC(CCCCCCCCCCCCCCC)CC(=O)NC(CO)C(O)CCCCCCCCCCCCC. The van der Waals surface area contributed by atoms with Crippen molar-refractivity contribution in [1.82, 2.24) is 5.32 Å². The van der Waals surface area contributed by atoms with Gasteiger partial charge in [0.1, 0.15) is 6.10 Å². The van der Waals surface area contributed by atoms with Gasteiger partial charge in [-0.05, 0) is 51.4 Å². The number of hydrogen-bond acceptors (Lipinski definition) is 5. The quantitative estimate of drug-likeness (QED) is 0.0322. The average Bonchev–Trinajstić information content (AvgIpc) is 3.25. The number of amides is 1. The van der Waals surface area contributed by atoms with E-state index in [4.69, 9.17) is 4.74 Å². The first-order valence-electron chi connectivity index (χ1n) is 27.1. The minimum atomic E-state index is -0.785. The van der Waals surface area contributed by atoms with Crippen molar-refractivity contribution < 1.29 is 24.5 Å². The van der Waals surface area contributed by atoms with Gasteiger partial charge in [0.2, 0.25) is 5.91 Å². The summed E-state index contributed by atoms with van der Waals surface area (Å²) in [5.41, 5.74) is 0. The van der Waals surface area contributed by atoms with E-state index in [-0.39, 0.29) is 24.9 Å². The number of esters is 1. The van der Waals surface area contributed by atoms with Crippen molar-refractivity contribution in [2.45, 2.75) is 309 Å². The molecule has 0 radical (unpaired) electrons. The van der Waals surface area contributed by atoms with Crippen LogP contribution in [-0.2, 0) is 14.3 Å². The average molecular weight is 860 g/mol. The van der Waals surface area contributed by atoms with Gasteiger partial charge in [0.25, 0.3) is 0 Å². The summed E-state index contributed by atoms with van der Waals surface area (Å²) >= 11 is 0. The van der Waals surface area contributed by atoms with Gasteiger partial charge in [0.05, 0.1) is 25.2 Å². The summed E-state index contributed by atoms with van der Waals surface area (Å²) in [5, 5.41) is 23.8. The van der Waals surface area contributed by atoms with Crippen LogP contribution in [0.1, 0.15) is 290 Å². The van der Waals surface area contributed by atoms with E-state index in [2.05, 4.69) is 50.4 Å². The molecule has 0 heterocycles. The van der Waals surface area contributed by atoms with Gasteiger partial charge in [-0.1, -0.05) is 251 Å². The molecule has 0 aliphatic heterocycles. The molecule has 3 N–H and O–H groups in total. The predicted octanol–water partition coefficient (Wildman–Crippen LogP) is 16.3. The standard InChI is InChI=1S/C55H105NO5/c1-4-7-10-13-16-19-22-24-25-26-27-28-30-33-36-39-42-45-48-55(60)61-51(46-43-40-37-34-32-29-23-20-17-14-11-8-5-2)49-54(59)56-52(50-57)53(58)47-44-41-38-35-31-21-18-15-12-9-6-3/h25-28,51-53,57-58H,4-24,29-50H2,1-3H3,(H,56,59)/b26-25+,28-27+. The molecule has 0 aromatic rings. The third-order valence-electron chi connectivity index (χ3n) is 12.6. The number of hydrogen-bond donors (Lipinski definition) is 3. The van der Waals surface area contributed by atoms with Crippen molar-refractivity contribution in [3.05, 3.63) is 24.3 Å². The lowest BCUT2D eigenvalue weighted by Gasteiger charge is -2.24. The van der Waals surface area contributed by atoms with E-state index in [0.29, 0.717) is 19.3 Å². The Balaban J connectivity index is 4.54. The van der Waals surface area contributed by atoms with E-state index < -0.39 is 18.2 Å². The Morgan fingerprint density at radius 1 is 0.475 bits per heavy atom. The second kappa shape index (κ2) is 49.4. The van der Waals surface area contributed by atoms with Crippen LogP contribution < -0.4 is 5.32 Å². The molecule has 0 rings (SSSR count). The molecule has 3 unspecified atom stereocenters. The fraction of sp³-hybridized carbons (Fsp3) is 0.891. The highest BCUT2D eigenvalue weighted by Gasteiger charge is 2.24. The van der Waals surface area contributed by atoms with Crippen molar-refractivity contribution in [3.8, 4) is 0 Å². The van der Waals surface area contributed by atoms with Gasteiger partial charge in [-0.3, -0.25) is 9.59 Å². The maximum atomic E-state index is 13.2. The monoisotopic (exact) mass is 860 g/mol. The maximum Gasteiger partial charge on any atom is 0.306 e. The number of carbonyl (C=O) groups excluding carboxylic acids is 2. The summed E-state index contributed by atoms with van der Waals surface area (Å²) in [7, 11) is 0. The Morgan fingerprint density at radius 3 is 1.21 bits per heavy atom. The van der Waals surface area contributed by atoms with Gasteiger partial charge >= 0.3 is 5.97 Å². The van der Waals surface area contributed by atoms with Gasteiger partial charge in [-0.25, -0.2) is 0 Å². The lowest BCUT2D eigenvalue weighted by atomic mass is 10.0. The van der Waals surface area contributed by atoms with E-state index in [0.717, 1.165) is 51.4 Å². The van der Waals surface area contributed by atoms with Crippen molar-refractivity contribution in [3.63, 3.8) is 0 Å². The Hall–Kier alpha value is -1.66. The number of ether oxygens (including phenoxy) is 1. The molecule has 0 spiro atoms. The highest BCUT2D eigenvalue weighted by Crippen LogP contribution is 2.18. The minimum absolute atomic E-state index is 0.0769. The second-order valence-corrected chi connectivity index (χ2v) is 18.7. The van der Waals surface area contributed by atoms with Crippen molar-refractivity contribution in [2.24, 2.45) is 0 Å². The number of unbranched alkanes of at least 4 members (excludes halogenated alkanes) is 34. The third kappa shape index (κ3) is 44.7. The number of nitrogens with one attached hydrogen (secondary N) is 1. The zero-order chi connectivity index (χ0) is 44.5. The molecule has 360 valence electrons. The predicted molar refractivity (Wildman–Crippen MR) is 264 cm³/mol. The van der Waals surface area contributed by atoms with E-state index in [1.807, 2.05) is 0 Å². The van der Waals surface area contributed by atoms with Crippen LogP contribution in [-0.4, -0.2) is 46.9 Å². The van der Waals surface area contributed by atoms with Crippen LogP contribution in [0.2, 0.25) is 0 Å². The van der Waals surface area contributed by atoms with E-state index >= 15 is 0 Å². The van der Waals surface area contributed by atoms with Crippen LogP contribution in [0.4, 0.5) is 0 Å². The molecule has 0 saturated heterocycles. The summed E-state index contributed by atoms with van der Waals surface area (Å²) in [6.45, 7) is 6.49. The molecule has 3 atom stereocenters. The van der Waals surface area contributed by atoms with Crippen LogP contribution in [0.5, 0.6) is 0 Å². The first-order chi connectivity index (χ1) is 30.0. The molecule has 61 heavy (non-hydrogen) atoms. The molecular formula is C55H105NO5. The highest BCUT2D eigenvalue weighted by molar-refractivity contribution is 5.77. The van der Waals surface area contributed by atoms with Gasteiger partial charge in [0.15, 0.2) is 0 Å². The smallest absolute Gasteiger partial charge is 0.306 e. The fourth-order valence-electron chi connectivity index (χ4n) is 8.42. The largest absolute Gasteiger partial charge is 0.462 e. The number of rotatable bonds is 49. The zero-order valence-electron chi connectivity index (χ0n) is 41.1. The lowest BCUT2D eigenvalue weighted by molar-refractivity contribution is -0.151. The van der Waals surface area contributed by atoms with Crippen LogP contribution in [0.25, 0.3) is 0 Å². The number of aliphatic hydroxyl groups excluding tert-OH is 2. The number of aliphatic hydroxyl groups is 2. The van der Waals surface area contributed by atoms with Crippen LogP contribution >= 0.6 is 0 Å². The first kappa shape index (κ1) is 59.3. The van der Waals surface area contributed by atoms with Crippen molar-refractivity contribution in [2.75, 3.05) is 6.61 Å². The highest BCUT2D eigenvalue weighted by atomic mass is 16.5. The molecule has 0 fully saturated rings. The van der Waals surface area contributed by atoms with Gasteiger partial charge < -0.3 is 20.3 Å². The van der Waals surface area contributed by atoms with Crippen LogP contribution in [0, 0.1) is 0 Å². The normalized spacial score (nSPS) is 13.3. The molecule has 6 heteroatoms. The molecule has 0 aliphatic rings. The van der Waals surface area contributed by atoms with Crippen molar-refractivity contribution >= 4 is 11.9 Å². The molecule has 1 amide bonds. The van der Waals surface area contributed by atoms with Gasteiger partial charge in [0, 0.05) is 6.42 Å². The molecule has 0 saturated carbocycles. The summed E-state index contributed by atoms with van der Waals surface area (Å²) in [5.74, 6) is -0.476. The second-order valence-electron chi connectivity index (χ2n) is 18.7. The molecule has 0 aromatic heterocycles. The van der Waals surface area contributed by atoms with E-state index in [1.165, 1.54) is 193 Å². The number of allylic oxidation sites excluding steroid dienone is 4. The third-order valence-corrected chi connectivity index (χ3v) is 12.6. The molecular weight excluding hydrogens is 755 g/mol. The van der Waals surface area contributed by atoms with E-state index in [1.54, 1.807) is 0 Å². The summed E-state index contributed by atoms with van der Waals surface area (Å²) in [4.78, 5) is 26.2. The summed E-state index contributed by atoms with van der Waals surface area (Å²) < 4.78 is 5.94. The maximum absolute atomic E-state index is 13.2. The number of carbonyl (C=O) groups is 2. The Morgan fingerprint density at radius 2 is 0.820 bits per heavy atom. The minimum Gasteiger partial charge on any atom is -0.462 e. The summed E-state index contributed by atoms with van der Waals surface area (Å²) in [6.07, 6.45) is 56.7. The van der Waals surface area contributed by atoms with Gasteiger partial charge in [-0.2, -0.15) is 0 Å².